The van der Waals surface area contributed by atoms with Gasteiger partial charge in [0.1, 0.15) is 5.56 Å². The molecular weight excluding hydrogens is 396 g/mol. The zero-order chi connectivity index (χ0) is 21.4. The molecule has 0 bridgehead atoms. The summed E-state index contributed by atoms with van der Waals surface area (Å²) in [7, 11) is 3.29. The first-order chi connectivity index (χ1) is 15.1. The van der Waals surface area contributed by atoms with Crippen LogP contribution in [0.3, 0.4) is 0 Å². The number of methoxy groups -OCH3 is 1. The molecule has 10 heteroatoms. The van der Waals surface area contributed by atoms with Crippen molar-refractivity contribution in [2.75, 3.05) is 20.2 Å². The topological polar surface area (TPSA) is 103 Å². The van der Waals surface area contributed by atoms with E-state index in [0.717, 1.165) is 29.9 Å². The van der Waals surface area contributed by atoms with Gasteiger partial charge >= 0.3 is 0 Å². The molecule has 31 heavy (non-hydrogen) atoms. The van der Waals surface area contributed by atoms with Gasteiger partial charge in [0.2, 0.25) is 5.88 Å². The Morgan fingerprint density at radius 1 is 1.13 bits per heavy atom. The molecule has 10 nitrogen and oxygen atoms in total. The first-order valence-corrected chi connectivity index (χ1v) is 10.1. The molecule has 0 atom stereocenters. The second-order valence-corrected chi connectivity index (χ2v) is 7.58. The van der Waals surface area contributed by atoms with Crippen molar-refractivity contribution in [1.29, 1.82) is 0 Å². The van der Waals surface area contributed by atoms with Gasteiger partial charge in [-0.25, -0.2) is 0 Å². The number of nitrogens with zero attached hydrogens (tertiary/aromatic N) is 8. The molecule has 158 valence electrons. The third kappa shape index (κ3) is 3.49. The monoisotopic (exact) mass is 418 g/mol. The van der Waals surface area contributed by atoms with Crippen LogP contribution in [0, 0.1) is 0 Å². The fraction of sp³-hybridized carbons (Fsp3) is 0.333. The van der Waals surface area contributed by atoms with Gasteiger partial charge in [0.05, 0.1) is 12.8 Å². The molecule has 0 unspecified atom stereocenters. The van der Waals surface area contributed by atoms with Gasteiger partial charge in [-0.05, 0) is 37.1 Å². The SMILES string of the molecule is COc1nn(C)cc1C(=O)N1CCC(c2nnc3ccc(-c4cccnc4)nn23)CC1. The summed E-state index contributed by atoms with van der Waals surface area (Å²) in [6.07, 6.45) is 6.79. The van der Waals surface area contributed by atoms with E-state index in [1.807, 2.05) is 33.7 Å². The van der Waals surface area contributed by atoms with Crippen molar-refractivity contribution >= 4 is 11.6 Å². The van der Waals surface area contributed by atoms with Crippen LogP contribution in [0.1, 0.15) is 34.9 Å². The Bertz CT molecular complexity index is 1220. The standard InChI is InChI=1S/C21H22N8O2/c1-27-13-16(20(26-27)31-2)21(30)28-10-7-14(8-11-28)19-24-23-18-6-5-17(25-29(18)19)15-4-3-9-22-12-15/h3-6,9,12-14H,7-8,10-11H2,1-2H3. The largest absolute Gasteiger partial charge is 0.479 e. The van der Waals surface area contributed by atoms with Gasteiger partial charge in [-0.2, -0.15) is 9.61 Å². The highest BCUT2D eigenvalue weighted by atomic mass is 16.5. The van der Waals surface area contributed by atoms with Gasteiger partial charge in [0.25, 0.3) is 5.91 Å². The number of ether oxygens (including phenoxy) is 1. The number of rotatable bonds is 4. The zero-order valence-electron chi connectivity index (χ0n) is 17.3. The summed E-state index contributed by atoms with van der Waals surface area (Å²) in [4.78, 5) is 19.0. The maximum Gasteiger partial charge on any atom is 0.260 e. The smallest absolute Gasteiger partial charge is 0.260 e. The van der Waals surface area contributed by atoms with Crippen molar-refractivity contribution in [1.82, 2.24) is 39.5 Å². The van der Waals surface area contributed by atoms with Gasteiger partial charge in [-0.1, -0.05) is 0 Å². The number of aromatic nitrogens is 7. The van der Waals surface area contributed by atoms with Crippen molar-refractivity contribution in [3.05, 3.63) is 54.2 Å². The Kier molecular flexibility index (Phi) is 4.81. The van der Waals surface area contributed by atoms with E-state index in [-0.39, 0.29) is 11.8 Å². The number of aryl methyl sites for hydroxylation is 1. The molecule has 5 heterocycles. The number of hydrogen-bond acceptors (Lipinski definition) is 7. The second-order valence-electron chi connectivity index (χ2n) is 7.58. The Morgan fingerprint density at radius 3 is 2.71 bits per heavy atom. The fourth-order valence-corrected chi connectivity index (χ4v) is 4.00. The van der Waals surface area contributed by atoms with Crippen LogP contribution in [-0.4, -0.2) is 65.6 Å². The highest BCUT2D eigenvalue weighted by Gasteiger charge is 2.30. The molecule has 5 rings (SSSR count). The van der Waals surface area contributed by atoms with Gasteiger partial charge < -0.3 is 9.64 Å². The molecule has 4 aromatic heterocycles. The van der Waals surface area contributed by atoms with E-state index < -0.39 is 0 Å². The van der Waals surface area contributed by atoms with Gasteiger partial charge in [-0.15, -0.1) is 15.3 Å². The summed E-state index contributed by atoms with van der Waals surface area (Å²) in [6.45, 7) is 1.25. The number of fused-ring (bicyclic) bond motifs is 1. The van der Waals surface area contributed by atoms with Crippen molar-refractivity contribution in [2.24, 2.45) is 7.05 Å². The molecule has 0 radical (unpaired) electrons. The lowest BCUT2D eigenvalue weighted by Gasteiger charge is -2.30. The summed E-state index contributed by atoms with van der Waals surface area (Å²) >= 11 is 0. The number of carbonyl (C=O) groups is 1. The maximum atomic E-state index is 12.9. The quantitative estimate of drug-likeness (QED) is 0.499. The number of amides is 1. The number of carbonyl (C=O) groups excluding carboxylic acids is 1. The third-order valence-corrected chi connectivity index (χ3v) is 5.61. The van der Waals surface area contributed by atoms with Crippen molar-refractivity contribution < 1.29 is 9.53 Å². The minimum Gasteiger partial charge on any atom is -0.479 e. The molecule has 1 amide bonds. The average Bonchev–Trinajstić information content (AvgIpc) is 3.42. The lowest BCUT2D eigenvalue weighted by Crippen LogP contribution is -2.38. The molecule has 1 saturated heterocycles. The van der Waals surface area contributed by atoms with Crippen LogP contribution < -0.4 is 4.74 Å². The first-order valence-electron chi connectivity index (χ1n) is 10.1. The van der Waals surface area contributed by atoms with Crippen LogP contribution in [0.15, 0.2) is 42.9 Å². The summed E-state index contributed by atoms with van der Waals surface area (Å²) in [5.41, 5.74) is 2.95. The Morgan fingerprint density at radius 2 is 1.97 bits per heavy atom. The van der Waals surface area contributed by atoms with E-state index in [9.17, 15) is 4.79 Å². The van der Waals surface area contributed by atoms with Crippen molar-refractivity contribution in [3.63, 3.8) is 0 Å². The molecule has 1 aliphatic rings. The molecule has 0 N–H and O–H groups in total. The highest BCUT2D eigenvalue weighted by Crippen LogP contribution is 2.29. The van der Waals surface area contributed by atoms with Crippen LogP contribution in [-0.2, 0) is 7.05 Å². The van der Waals surface area contributed by atoms with E-state index in [1.54, 1.807) is 30.3 Å². The van der Waals surface area contributed by atoms with Crippen molar-refractivity contribution in [3.8, 4) is 17.1 Å². The highest BCUT2D eigenvalue weighted by molar-refractivity contribution is 5.96. The van der Waals surface area contributed by atoms with Crippen LogP contribution >= 0.6 is 0 Å². The first kappa shape index (κ1) is 19.2. The molecule has 4 aromatic rings. The van der Waals surface area contributed by atoms with Crippen molar-refractivity contribution in [2.45, 2.75) is 18.8 Å². The minimum atomic E-state index is -0.0634. The predicted octanol–water partition coefficient (Wildman–Crippen LogP) is 1.95. The Balaban J connectivity index is 1.35. The molecule has 0 aromatic carbocycles. The summed E-state index contributed by atoms with van der Waals surface area (Å²) in [5.74, 6) is 1.29. The lowest BCUT2D eigenvalue weighted by molar-refractivity contribution is 0.0707. The maximum absolute atomic E-state index is 12.9. The van der Waals surface area contributed by atoms with Gasteiger partial charge in [0.15, 0.2) is 11.5 Å². The van der Waals surface area contributed by atoms with Gasteiger partial charge in [0, 0.05) is 50.2 Å². The van der Waals surface area contributed by atoms with Crippen LogP contribution in [0.5, 0.6) is 5.88 Å². The summed E-state index contributed by atoms with van der Waals surface area (Å²) < 4.78 is 8.64. The van der Waals surface area contributed by atoms with E-state index in [4.69, 9.17) is 9.84 Å². The van der Waals surface area contributed by atoms with Crippen LogP contribution in [0.2, 0.25) is 0 Å². The normalized spacial score (nSPS) is 14.8. The summed E-state index contributed by atoms with van der Waals surface area (Å²) in [6, 6.07) is 7.70. The fourth-order valence-electron chi connectivity index (χ4n) is 4.00. The Labute approximate surface area is 178 Å². The number of hydrogen-bond donors (Lipinski definition) is 0. The van der Waals surface area contributed by atoms with E-state index in [0.29, 0.717) is 30.2 Å². The van der Waals surface area contributed by atoms with Gasteiger partial charge in [-0.3, -0.25) is 14.5 Å². The molecule has 0 spiro atoms. The van der Waals surface area contributed by atoms with E-state index in [1.165, 1.54) is 7.11 Å². The minimum absolute atomic E-state index is 0.0634. The van der Waals surface area contributed by atoms with E-state index >= 15 is 0 Å². The molecule has 0 saturated carbocycles. The predicted molar refractivity (Wildman–Crippen MR) is 112 cm³/mol. The number of pyridine rings is 1. The van der Waals surface area contributed by atoms with Crippen LogP contribution in [0.25, 0.3) is 16.9 Å². The second kappa shape index (κ2) is 7.78. The number of piperidine rings is 1. The molecular formula is C21H22N8O2. The lowest BCUT2D eigenvalue weighted by atomic mass is 9.95. The molecule has 1 fully saturated rings. The molecule has 0 aliphatic carbocycles. The summed E-state index contributed by atoms with van der Waals surface area (Å²) in [5, 5.41) is 17.6. The zero-order valence-corrected chi connectivity index (χ0v) is 17.3. The van der Waals surface area contributed by atoms with Crippen LogP contribution in [0.4, 0.5) is 0 Å². The molecule has 1 aliphatic heterocycles. The average molecular weight is 418 g/mol. The third-order valence-electron chi connectivity index (χ3n) is 5.61. The Hall–Kier alpha value is -3.82. The number of likely N-dealkylation sites (tertiary alicyclic amines) is 1. The van der Waals surface area contributed by atoms with E-state index in [2.05, 4.69) is 20.3 Å².